The van der Waals surface area contributed by atoms with Crippen LogP contribution in [0.25, 0.3) is 0 Å². The van der Waals surface area contributed by atoms with Crippen molar-refractivity contribution in [3.63, 3.8) is 0 Å². The van der Waals surface area contributed by atoms with Crippen LogP contribution in [0.3, 0.4) is 0 Å². The molecule has 1 rings (SSSR count). The summed E-state index contributed by atoms with van der Waals surface area (Å²) in [5.41, 5.74) is 0.183. The number of rotatable bonds is 5. The second-order valence-electron chi connectivity index (χ2n) is 4.96. The van der Waals surface area contributed by atoms with E-state index in [4.69, 9.17) is 5.26 Å². The number of carbonyl (C=O) groups is 2. The fourth-order valence-corrected chi connectivity index (χ4v) is 1.76. The summed E-state index contributed by atoms with van der Waals surface area (Å²) in [7, 11) is 3.17. The van der Waals surface area contributed by atoms with E-state index in [-0.39, 0.29) is 29.6 Å². The van der Waals surface area contributed by atoms with E-state index in [1.165, 1.54) is 17.0 Å². The number of halogens is 1. The van der Waals surface area contributed by atoms with E-state index in [2.05, 4.69) is 10.6 Å². The maximum atomic E-state index is 13.7. The summed E-state index contributed by atoms with van der Waals surface area (Å²) in [6, 6.07) is 4.80. The molecule has 0 aromatic heterocycles. The SMILES string of the molecule is CC[C@@H](CC#N)NC(=O)Nc1cc(C(=O)N(C)C)ccc1F. The van der Waals surface area contributed by atoms with Gasteiger partial charge in [0.2, 0.25) is 0 Å². The largest absolute Gasteiger partial charge is 0.345 e. The Kier molecular flexibility index (Phi) is 6.32. The minimum absolute atomic E-state index is 0.0861. The van der Waals surface area contributed by atoms with Crippen LogP contribution in [0.5, 0.6) is 0 Å². The zero-order valence-corrected chi connectivity index (χ0v) is 12.8. The summed E-state index contributed by atoms with van der Waals surface area (Å²) < 4.78 is 13.7. The lowest BCUT2D eigenvalue weighted by Crippen LogP contribution is -2.37. The maximum absolute atomic E-state index is 13.7. The van der Waals surface area contributed by atoms with Crippen molar-refractivity contribution in [2.24, 2.45) is 0 Å². The molecular weight excluding hydrogens is 287 g/mol. The number of anilines is 1. The summed E-state index contributed by atoms with van der Waals surface area (Å²) in [5, 5.41) is 13.6. The average molecular weight is 306 g/mol. The van der Waals surface area contributed by atoms with Crippen LogP contribution in [0, 0.1) is 17.1 Å². The Morgan fingerprint density at radius 3 is 2.64 bits per heavy atom. The molecule has 0 aliphatic rings. The highest BCUT2D eigenvalue weighted by molar-refractivity contribution is 5.96. The van der Waals surface area contributed by atoms with Crippen LogP contribution in [0.15, 0.2) is 18.2 Å². The summed E-state index contributed by atoms with van der Waals surface area (Å²) in [6.07, 6.45) is 0.758. The Morgan fingerprint density at radius 2 is 2.09 bits per heavy atom. The molecule has 3 amide bonds. The molecule has 6 nitrogen and oxygen atoms in total. The fourth-order valence-electron chi connectivity index (χ4n) is 1.76. The number of hydrogen-bond donors (Lipinski definition) is 2. The van der Waals surface area contributed by atoms with Gasteiger partial charge in [0, 0.05) is 25.7 Å². The molecule has 0 spiro atoms. The van der Waals surface area contributed by atoms with Gasteiger partial charge in [-0.3, -0.25) is 4.79 Å². The smallest absolute Gasteiger partial charge is 0.319 e. The van der Waals surface area contributed by atoms with Crippen molar-refractivity contribution in [1.82, 2.24) is 10.2 Å². The molecule has 0 bridgehead atoms. The van der Waals surface area contributed by atoms with E-state index in [9.17, 15) is 14.0 Å². The molecule has 0 unspecified atom stereocenters. The van der Waals surface area contributed by atoms with Gasteiger partial charge in [0.1, 0.15) is 5.82 Å². The predicted molar refractivity (Wildman–Crippen MR) is 80.9 cm³/mol. The number of urea groups is 1. The van der Waals surface area contributed by atoms with Gasteiger partial charge in [0.25, 0.3) is 5.91 Å². The maximum Gasteiger partial charge on any atom is 0.319 e. The van der Waals surface area contributed by atoms with Crippen molar-refractivity contribution in [1.29, 1.82) is 5.26 Å². The van der Waals surface area contributed by atoms with Crippen molar-refractivity contribution in [2.75, 3.05) is 19.4 Å². The molecule has 0 saturated carbocycles. The third kappa shape index (κ3) is 4.74. The zero-order chi connectivity index (χ0) is 16.7. The van der Waals surface area contributed by atoms with E-state index >= 15 is 0 Å². The minimum atomic E-state index is -0.640. The van der Waals surface area contributed by atoms with Crippen LogP contribution in [0.1, 0.15) is 30.1 Å². The summed E-state index contributed by atoms with van der Waals surface area (Å²) in [4.78, 5) is 25.0. The Labute approximate surface area is 128 Å². The van der Waals surface area contributed by atoms with Crippen LogP contribution in [0.2, 0.25) is 0 Å². The molecule has 1 aromatic carbocycles. The Balaban J connectivity index is 2.84. The van der Waals surface area contributed by atoms with Gasteiger partial charge in [-0.05, 0) is 24.6 Å². The molecule has 7 heteroatoms. The molecule has 118 valence electrons. The molecule has 22 heavy (non-hydrogen) atoms. The first kappa shape index (κ1) is 17.4. The van der Waals surface area contributed by atoms with Crippen molar-refractivity contribution >= 4 is 17.6 Å². The first-order chi connectivity index (χ1) is 10.4. The molecule has 0 saturated heterocycles. The Bertz CT molecular complexity index is 596. The molecule has 1 atom stereocenters. The van der Waals surface area contributed by atoms with E-state index < -0.39 is 11.8 Å². The molecular formula is C15H19FN4O2. The van der Waals surface area contributed by atoms with Gasteiger partial charge in [-0.2, -0.15) is 5.26 Å². The lowest BCUT2D eigenvalue weighted by Gasteiger charge is -2.16. The zero-order valence-electron chi connectivity index (χ0n) is 12.8. The van der Waals surface area contributed by atoms with Gasteiger partial charge in [0.05, 0.1) is 18.2 Å². The van der Waals surface area contributed by atoms with E-state index in [1.54, 1.807) is 14.1 Å². The summed E-state index contributed by atoms with van der Waals surface area (Å²) in [6.45, 7) is 1.83. The van der Waals surface area contributed by atoms with Gasteiger partial charge in [0.15, 0.2) is 0 Å². The van der Waals surface area contributed by atoms with Crippen molar-refractivity contribution in [3.05, 3.63) is 29.6 Å². The Morgan fingerprint density at radius 1 is 1.41 bits per heavy atom. The van der Waals surface area contributed by atoms with Gasteiger partial charge < -0.3 is 15.5 Å². The van der Waals surface area contributed by atoms with Gasteiger partial charge in [-0.1, -0.05) is 6.92 Å². The van der Waals surface area contributed by atoms with E-state index in [1.807, 2.05) is 13.0 Å². The molecule has 0 aliphatic heterocycles. The second-order valence-corrected chi connectivity index (χ2v) is 4.96. The van der Waals surface area contributed by atoms with Crippen LogP contribution >= 0.6 is 0 Å². The third-order valence-electron chi connectivity index (χ3n) is 3.03. The third-order valence-corrected chi connectivity index (χ3v) is 3.03. The topological polar surface area (TPSA) is 85.2 Å². The summed E-state index contributed by atoms with van der Waals surface area (Å²) >= 11 is 0. The van der Waals surface area contributed by atoms with Gasteiger partial charge >= 0.3 is 6.03 Å². The molecule has 0 heterocycles. The van der Waals surface area contributed by atoms with Crippen LogP contribution in [0.4, 0.5) is 14.9 Å². The molecule has 1 aromatic rings. The second kappa shape index (κ2) is 7.98. The lowest BCUT2D eigenvalue weighted by molar-refractivity contribution is 0.0827. The number of carbonyl (C=O) groups excluding carboxylic acids is 2. The number of benzene rings is 1. The van der Waals surface area contributed by atoms with Crippen molar-refractivity contribution < 1.29 is 14.0 Å². The number of nitriles is 1. The first-order valence-electron chi connectivity index (χ1n) is 6.84. The monoisotopic (exact) mass is 306 g/mol. The van der Waals surface area contributed by atoms with Crippen LogP contribution in [-0.2, 0) is 0 Å². The highest BCUT2D eigenvalue weighted by Crippen LogP contribution is 2.17. The predicted octanol–water partition coefficient (Wildman–Crippen LogP) is 2.34. The number of nitrogens with one attached hydrogen (secondary N) is 2. The standard InChI is InChI=1S/C15H19FN4O2/c1-4-11(7-8-17)18-15(22)19-13-9-10(5-6-12(13)16)14(21)20(2)3/h5-6,9,11H,4,7H2,1-3H3,(H2,18,19,22)/t11-/m0/s1. The molecule has 2 N–H and O–H groups in total. The van der Waals surface area contributed by atoms with E-state index in [0.717, 1.165) is 6.07 Å². The number of hydrogen-bond acceptors (Lipinski definition) is 3. The van der Waals surface area contributed by atoms with Crippen LogP contribution < -0.4 is 10.6 Å². The normalized spacial score (nSPS) is 11.2. The minimum Gasteiger partial charge on any atom is -0.345 e. The van der Waals surface area contributed by atoms with Crippen LogP contribution in [-0.4, -0.2) is 37.0 Å². The highest BCUT2D eigenvalue weighted by Gasteiger charge is 2.15. The van der Waals surface area contributed by atoms with Crippen molar-refractivity contribution in [3.8, 4) is 6.07 Å². The summed E-state index contributed by atoms with van der Waals surface area (Å²) in [5.74, 6) is -0.932. The highest BCUT2D eigenvalue weighted by atomic mass is 19.1. The molecule has 0 radical (unpaired) electrons. The number of nitrogens with zero attached hydrogens (tertiary/aromatic N) is 2. The first-order valence-corrected chi connectivity index (χ1v) is 6.84. The van der Waals surface area contributed by atoms with Crippen molar-refractivity contribution in [2.45, 2.75) is 25.8 Å². The average Bonchev–Trinajstić information content (AvgIpc) is 2.48. The fraction of sp³-hybridized carbons (Fsp3) is 0.400. The molecule has 0 fully saturated rings. The Hall–Kier alpha value is -2.62. The van der Waals surface area contributed by atoms with Gasteiger partial charge in [-0.15, -0.1) is 0 Å². The lowest BCUT2D eigenvalue weighted by atomic mass is 10.1. The van der Waals surface area contributed by atoms with E-state index in [0.29, 0.717) is 6.42 Å². The van der Waals surface area contributed by atoms with Gasteiger partial charge in [-0.25, -0.2) is 9.18 Å². The molecule has 0 aliphatic carbocycles. The quantitative estimate of drug-likeness (QED) is 0.875. The number of amides is 3.